The first kappa shape index (κ1) is 25.5. The van der Waals surface area contributed by atoms with Gasteiger partial charge >= 0.3 is 0 Å². The predicted octanol–water partition coefficient (Wildman–Crippen LogP) is 2.29. The van der Waals surface area contributed by atoms with E-state index in [4.69, 9.17) is 9.47 Å². The highest BCUT2D eigenvalue weighted by molar-refractivity contribution is 14.0. The first-order chi connectivity index (χ1) is 13.5. The van der Waals surface area contributed by atoms with E-state index in [0.29, 0.717) is 18.4 Å². The highest BCUT2D eigenvalue weighted by Crippen LogP contribution is 2.14. The number of halogens is 1. The zero-order valence-electron chi connectivity index (χ0n) is 17.9. The van der Waals surface area contributed by atoms with E-state index in [2.05, 4.69) is 34.7 Å². The van der Waals surface area contributed by atoms with Gasteiger partial charge in [0.05, 0.1) is 13.2 Å². The minimum absolute atomic E-state index is 0. The van der Waals surface area contributed by atoms with Gasteiger partial charge in [0.1, 0.15) is 12.3 Å². The fourth-order valence-electron chi connectivity index (χ4n) is 2.99. The molecule has 1 aromatic carbocycles. The van der Waals surface area contributed by atoms with Gasteiger partial charge < -0.3 is 25.0 Å². The van der Waals surface area contributed by atoms with Crippen LogP contribution in [-0.2, 0) is 16.0 Å². The Morgan fingerprint density at radius 3 is 2.62 bits per heavy atom. The van der Waals surface area contributed by atoms with Gasteiger partial charge in [-0.1, -0.05) is 19.1 Å². The summed E-state index contributed by atoms with van der Waals surface area (Å²) in [5.41, 5.74) is 1.27. The lowest BCUT2D eigenvalue weighted by Crippen LogP contribution is -2.43. The molecule has 29 heavy (non-hydrogen) atoms. The fourth-order valence-corrected chi connectivity index (χ4v) is 2.99. The van der Waals surface area contributed by atoms with Crippen LogP contribution in [0.4, 0.5) is 0 Å². The Balaban J connectivity index is 0.00000420. The summed E-state index contributed by atoms with van der Waals surface area (Å²) in [6.45, 7) is 4.61. The first-order valence-electron chi connectivity index (χ1n) is 9.94. The molecular weight excluding hydrogens is 483 g/mol. The van der Waals surface area contributed by atoms with E-state index in [-0.39, 0.29) is 42.5 Å². The van der Waals surface area contributed by atoms with Crippen molar-refractivity contribution in [3.8, 4) is 5.75 Å². The number of nitrogens with one attached hydrogen (secondary N) is 2. The van der Waals surface area contributed by atoms with Gasteiger partial charge in [-0.25, -0.2) is 4.99 Å². The lowest BCUT2D eigenvalue weighted by Gasteiger charge is -2.18. The molecule has 164 valence electrons. The molecule has 0 spiro atoms. The van der Waals surface area contributed by atoms with Crippen LogP contribution in [0.2, 0.25) is 0 Å². The molecule has 0 aliphatic carbocycles. The van der Waals surface area contributed by atoms with E-state index in [1.165, 1.54) is 5.56 Å². The zero-order chi connectivity index (χ0) is 20.4. The Hall–Kier alpha value is -1.55. The number of carbonyl (C=O) groups excluding carboxylic acids is 1. The molecule has 2 rings (SSSR count). The largest absolute Gasteiger partial charge is 0.497 e. The summed E-state index contributed by atoms with van der Waals surface area (Å²) < 4.78 is 10.9. The van der Waals surface area contributed by atoms with Crippen molar-refractivity contribution in [2.24, 2.45) is 10.9 Å². The minimum Gasteiger partial charge on any atom is -0.497 e. The number of methoxy groups -OCH3 is 1. The molecule has 1 fully saturated rings. The number of hydrogen-bond acceptors (Lipinski definition) is 4. The number of aliphatic imine (C=N–C) groups is 1. The van der Waals surface area contributed by atoms with Crippen molar-refractivity contribution in [3.63, 3.8) is 0 Å². The third kappa shape index (κ3) is 9.66. The maximum Gasteiger partial charge on any atom is 0.243 e. The van der Waals surface area contributed by atoms with E-state index in [9.17, 15) is 4.79 Å². The molecule has 1 aliphatic heterocycles. The summed E-state index contributed by atoms with van der Waals surface area (Å²) in [6, 6.07) is 8.16. The number of guanidine groups is 1. The topological polar surface area (TPSA) is 75.2 Å². The van der Waals surface area contributed by atoms with Crippen molar-refractivity contribution in [2.45, 2.75) is 32.3 Å². The molecule has 0 radical (unpaired) electrons. The SMILES string of the molecule is COc1ccc(CC(C)CNC(=NCC(=O)N(C)C)NCC2CCCO2)cc1.I. The maximum atomic E-state index is 11.9. The molecule has 2 atom stereocenters. The van der Waals surface area contributed by atoms with Crippen LogP contribution in [0.1, 0.15) is 25.3 Å². The van der Waals surface area contributed by atoms with E-state index < -0.39 is 0 Å². The monoisotopic (exact) mass is 518 g/mol. The highest BCUT2D eigenvalue weighted by atomic mass is 127. The van der Waals surface area contributed by atoms with Gasteiger partial charge in [-0.15, -0.1) is 24.0 Å². The number of likely N-dealkylation sites (N-methyl/N-ethyl adjacent to an activating group) is 1. The molecule has 1 aliphatic rings. The second kappa shape index (κ2) is 13.6. The van der Waals surface area contributed by atoms with Gasteiger partial charge in [0, 0.05) is 33.8 Å². The Bertz CT molecular complexity index is 631. The molecule has 1 heterocycles. The van der Waals surface area contributed by atoms with Gasteiger partial charge in [0.2, 0.25) is 5.91 Å². The molecule has 1 saturated heterocycles. The van der Waals surface area contributed by atoms with Crippen LogP contribution in [0.3, 0.4) is 0 Å². The van der Waals surface area contributed by atoms with Crippen molar-refractivity contribution < 1.29 is 14.3 Å². The van der Waals surface area contributed by atoms with Crippen molar-refractivity contribution in [3.05, 3.63) is 29.8 Å². The lowest BCUT2D eigenvalue weighted by atomic mass is 10.0. The molecule has 0 bridgehead atoms. The zero-order valence-corrected chi connectivity index (χ0v) is 20.3. The second-order valence-electron chi connectivity index (χ2n) is 7.51. The van der Waals surface area contributed by atoms with Gasteiger partial charge in [0.25, 0.3) is 0 Å². The van der Waals surface area contributed by atoms with E-state index in [0.717, 1.165) is 38.2 Å². The summed E-state index contributed by atoms with van der Waals surface area (Å²) in [5, 5.41) is 6.69. The predicted molar refractivity (Wildman–Crippen MR) is 127 cm³/mol. The molecule has 2 N–H and O–H groups in total. The summed E-state index contributed by atoms with van der Waals surface area (Å²) in [7, 11) is 5.15. The van der Waals surface area contributed by atoms with Gasteiger partial charge in [-0.2, -0.15) is 0 Å². The number of amides is 1. The Morgan fingerprint density at radius 2 is 2.03 bits per heavy atom. The Kier molecular flexibility index (Phi) is 12.0. The van der Waals surface area contributed by atoms with Crippen molar-refractivity contribution in [1.82, 2.24) is 15.5 Å². The molecule has 8 heteroatoms. The average Bonchev–Trinajstić information content (AvgIpc) is 3.21. The number of benzene rings is 1. The summed E-state index contributed by atoms with van der Waals surface area (Å²) in [5.74, 6) is 1.91. The van der Waals surface area contributed by atoms with Gasteiger partial charge in [-0.05, 0) is 42.9 Å². The van der Waals surface area contributed by atoms with Crippen LogP contribution in [-0.4, -0.2) is 70.3 Å². The van der Waals surface area contributed by atoms with E-state index >= 15 is 0 Å². The number of ether oxygens (including phenoxy) is 2. The van der Waals surface area contributed by atoms with Crippen LogP contribution >= 0.6 is 24.0 Å². The van der Waals surface area contributed by atoms with Crippen molar-refractivity contribution >= 4 is 35.8 Å². The average molecular weight is 518 g/mol. The molecule has 0 saturated carbocycles. The lowest BCUT2D eigenvalue weighted by molar-refractivity contribution is -0.127. The van der Waals surface area contributed by atoms with Crippen LogP contribution in [0, 0.1) is 5.92 Å². The molecule has 1 aromatic rings. The third-order valence-corrected chi connectivity index (χ3v) is 4.75. The van der Waals surface area contributed by atoms with Crippen LogP contribution in [0.15, 0.2) is 29.3 Å². The standard InChI is InChI=1S/C21H34N4O3.HI/c1-16(12-17-7-9-18(27-4)10-8-17)13-22-21(24-15-20(26)25(2)3)23-14-19-6-5-11-28-19;/h7-10,16,19H,5-6,11-15H2,1-4H3,(H2,22,23,24);1H. The minimum atomic E-state index is -0.0236. The summed E-state index contributed by atoms with van der Waals surface area (Å²) >= 11 is 0. The number of nitrogens with zero attached hydrogens (tertiary/aromatic N) is 2. The summed E-state index contributed by atoms with van der Waals surface area (Å²) in [6.07, 6.45) is 3.33. The van der Waals surface area contributed by atoms with Gasteiger partial charge in [-0.3, -0.25) is 4.79 Å². The summed E-state index contributed by atoms with van der Waals surface area (Å²) in [4.78, 5) is 17.9. The quantitative estimate of drug-likeness (QED) is 0.298. The highest BCUT2D eigenvalue weighted by Gasteiger charge is 2.16. The van der Waals surface area contributed by atoms with Crippen molar-refractivity contribution in [2.75, 3.05) is 47.4 Å². The molecule has 2 unspecified atom stereocenters. The normalized spacial score (nSPS) is 17.2. The third-order valence-electron chi connectivity index (χ3n) is 4.75. The fraction of sp³-hybridized carbons (Fsp3) is 0.619. The molecule has 0 aromatic heterocycles. The smallest absolute Gasteiger partial charge is 0.243 e. The molecular formula is C21H35IN4O3. The Labute approximate surface area is 191 Å². The van der Waals surface area contributed by atoms with Crippen LogP contribution < -0.4 is 15.4 Å². The molecule has 1 amide bonds. The van der Waals surface area contributed by atoms with E-state index in [1.54, 1.807) is 26.1 Å². The Morgan fingerprint density at radius 1 is 1.31 bits per heavy atom. The first-order valence-corrected chi connectivity index (χ1v) is 9.94. The maximum absolute atomic E-state index is 11.9. The number of rotatable bonds is 9. The number of hydrogen-bond donors (Lipinski definition) is 2. The molecule has 7 nitrogen and oxygen atoms in total. The van der Waals surface area contributed by atoms with Crippen molar-refractivity contribution in [1.29, 1.82) is 0 Å². The van der Waals surface area contributed by atoms with E-state index in [1.807, 2.05) is 12.1 Å². The van der Waals surface area contributed by atoms with Crippen LogP contribution in [0.25, 0.3) is 0 Å². The van der Waals surface area contributed by atoms with Crippen LogP contribution in [0.5, 0.6) is 5.75 Å². The number of carbonyl (C=O) groups is 1. The van der Waals surface area contributed by atoms with Gasteiger partial charge in [0.15, 0.2) is 5.96 Å². The second-order valence-corrected chi connectivity index (χ2v) is 7.51.